The van der Waals surface area contributed by atoms with Gasteiger partial charge >= 0.3 is 0 Å². The number of piperidine rings is 1. The molecule has 0 radical (unpaired) electrons. The summed E-state index contributed by atoms with van der Waals surface area (Å²) in [5.41, 5.74) is 0.643. The molecule has 3 atom stereocenters. The molecule has 1 N–H and O–H groups in total. The summed E-state index contributed by atoms with van der Waals surface area (Å²) in [4.78, 5) is 29.5. The summed E-state index contributed by atoms with van der Waals surface area (Å²) < 4.78 is 38.5. The van der Waals surface area contributed by atoms with Crippen molar-refractivity contribution in [3.05, 3.63) is 23.8 Å². The van der Waals surface area contributed by atoms with Gasteiger partial charge in [-0.05, 0) is 57.2 Å². The third-order valence-corrected chi connectivity index (χ3v) is 8.08. The Morgan fingerprint density at radius 2 is 1.94 bits per heavy atom. The van der Waals surface area contributed by atoms with Crippen molar-refractivity contribution in [3.63, 3.8) is 0 Å². The number of nitrogens with zero attached hydrogens (tertiary/aromatic N) is 2. The second-order valence-electron chi connectivity index (χ2n) is 9.03. The number of benzene rings is 1. The van der Waals surface area contributed by atoms with Crippen LogP contribution in [0.3, 0.4) is 0 Å². The van der Waals surface area contributed by atoms with Gasteiger partial charge in [-0.1, -0.05) is 0 Å². The van der Waals surface area contributed by atoms with E-state index in [4.69, 9.17) is 9.47 Å². The summed E-state index contributed by atoms with van der Waals surface area (Å²) in [5, 5.41) is 0. The molecule has 0 saturated carbocycles. The summed E-state index contributed by atoms with van der Waals surface area (Å²) in [6.45, 7) is 3.45. The fraction of sp³-hybridized carbons (Fsp3) is 0.652. The zero-order valence-electron chi connectivity index (χ0n) is 19.3. The standard InChI is InChI=1S/C23H33N3O6S/c1-3-33(29,30)24-16-7-10-20-18(13-16)23(28)25(2)19-9-8-17(32-21(19)15-31-20)14-22(27)26-11-5-4-6-12-26/h7,10,13,17,19,21,24H,3-6,8-9,11-12,14-15H2,1-2H3/t17-,19+,21+/m0/s1. The highest BCUT2D eigenvalue weighted by atomic mass is 32.2. The Bertz CT molecular complexity index is 992. The largest absolute Gasteiger partial charge is 0.490 e. The van der Waals surface area contributed by atoms with Crippen molar-refractivity contribution in [1.29, 1.82) is 0 Å². The summed E-state index contributed by atoms with van der Waals surface area (Å²) in [6, 6.07) is 4.53. The first-order valence-electron chi connectivity index (χ1n) is 11.7. The van der Waals surface area contributed by atoms with E-state index in [1.54, 1.807) is 31.0 Å². The third-order valence-electron chi connectivity index (χ3n) is 6.78. The maximum Gasteiger partial charge on any atom is 0.257 e. The molecule has 1 aromatic carbocycles. The predicted molar refractivity (Wildman–Crippen MR) is 124 cm³/mol. The molecular weight excluding hydrogens is 446 g/mol. The topological polar surface area (TPSA) is 105 Å². The third kappa shape index (κ3) is 5.43. The lowest BCUT2D eigenvalue weighted by Crippen LogP contribution is -2.54. The van der Waals surface area contributed by atoms with Crippen molar-refractivity contribution in [3.8, 4) is 5.75 Å². The second kappa shape index (κ2) is 9.89. The average Bonchev–Trinajstić information content (AvgIpc) is 2.82. The van der Waals surface area contributed by atoms with Crippen LogP contribution in [0.5, 0.6) is 5.75 Å². The molecule has 3 heterocycles. The summed E-state index contributed by atoms with van der Waals surface area (Å²) in [7, 11) is -1.72. The number of carbonyl (C=O) groups excluding carboxylic acids is 2. The van der Waals surface area contributed by atoms with Gasteiger partial charge in [-0.3, -0.25) is 14.3 Å². The van der Waals surface area contributed by atoms with Gasteiger partial charge in [0.15, 0.2) is 0 Å². The number of ether oxygens (including phenoxy) is 2. The van der Waals surface area contributed by atoms with Crippen LogP contribution in [-0.4, -0.2) is 80.8 Å². The fourth-order valence-corrected chi connectivity index (χ4v) is 5.44. The highest BCUT2D eigenvalue weighted by Gasteiger charge is 2.39. The number of hydrogen-bond donors (Lipinski definition) is 1. The first kappa shape index (κ1) is 23.8. The van der Waals surface area contributed by atoms with Crippen LogP contribution < -0.4 is 9.46 Å². The van der Waals surface area contributed by atoms with Gasteiger partial charge in [-0.2, -0.15) is 0 Å². The Kier molecular flexibility index (Phi) is 7.13. The van der Waals surface area contributed by atoms with Crippen LogP contribution in [0.1, 0.15) is 55.8 Å². The van der Waals surface area contributed by atoms with Gasteiger partial charge in [-0.15, -0.1) is 0 Å². The summed E-state index contributed by atoms with van der Waals surface area (Å²) in [6.07, 6.45) is 4.55. The molecule has 0 bridgehead atoms. The predicted octanol–water partition coefficient (Wildman–Crippen LogP) is 2.23. The van der Waals surface area contributed by atoms with Crippen LogP contribution in [0.15, 0.2) is 18.2 Å². The zero-order chi connectivity index (χ0) is 23.6. The highest BCUT2D eigenvalue weighted by Crippen LogP contribution is 2.33. The van der Waals surface area contributed by atoms with Gasteiger partial charge in [0, 0.05) is 25.8 Å². The normalized spacial score (nSPS) is 25.9. The minimum Gasteiger partial charge on any atom is -0.490 e. The maximum absolute atomic E-state index is 13.2. The molecule has 1 aromatic rings. The first-order valence-corrected chi connectivity index (χ1v) is 13.4. The molecule has 3 aliphatic heterocycles. The van der Waals surface area contributed by atoms with Crippen molar-refractivity contribution >= 4 is 27.5 Å². The number of nitrogens with one attached hydrogen (secondary N) is 1. The first-order chi connectivity index (χ1) is 15.8. The number of hydrogen-bond acceptors (Lipinski definition) is 6. The van der Waals surface area contributed by atoms with Gasteiger partial charge in [0.1, 0.15) is 18.5 Å². The molecule has 33 heavy (non-hydrogen) atoms. The van der Waals surface area contributed by atoms with E-state index in [0.717, 1.165) is 25.9 Å². The number of likely N-dealkylation sites (N-methyl/N-ethyl adjacent to an activating group) is 1. The SMILES string of the molecule is CCS(=O)(=O)Nc1ccc2c(c1)C(=O)N(C)[C@@H]1CC[C@@H](CC(=O)N3CCCCC3)O[C@@H]1CO2. The van der Waals surface area contributed by atoms with Crippen molar-refractivity contribution in [2.45, 2.75) is 63.7 Å². The van der Waals surface area contributed by atoms with E-state index < -0.39 is 10.0 Å². The highest BCUT2D eigenvalue weighted by molar-refractivity contribution is 7.92. The molecule has 10 heteroatoms. The monoisotopic (exact) mass is 479 g/mol. The Morgan fingerprint density at radius 1 is 1.18 bits per heavy atom. The van der Waals surface area contributed by atoms with Gasteiger partial charge < -0.3 is 19.3 Å². The molecule has 182 valence electrons. The molecule has 4 rings (SSSR count). The molecule has 0 aromatic heterocycles. The van der Waals surface area contributed by atoms with Crippen LogP contribution in [-0.2, 0) is 19.6 Å². The number of amides is 2. The van der Waals surface area contributed by atoms with Crippen LogP contribution in [0.2, 0.25) is 0 Å². The lowest BCUT2D eigenvalue weighted by molar-refractivity contribution is -0.143. The van der Waals surface area contributed by atoms with Crippen molar-refractivity contribution in [2.24, 2.45) is 0 Å². The number of fused-ring (bicyclic) bond motifs is 2. The molecular formula is C23H33N3O6S. The molecule has 2 amide bonds. The van der Waals surface area contributed by atoms with Crippen LogP contribution >= 0.6 is 0 Å². The number of likely N-dealkylation sites (tertiary alicyclic amines) is 1. The number of sulfonamides is 1. The quantitative estimate of drug-likeness (QED) is 0.694. The fourth-order valence-electron chi connectivity index (χ4n) is 4.81. The summed E-state index contributed by atoms with van der Waals surface area (Å²) in [5.74, 6) is 0.224. The Balaban J connectivity index is 1.46. The average molecular weight is 480 g/mol. The van der Waals surface area contributed by atoms with E-state index in [9.17, 15) is 18.0 Å². The lowest BCUT2D eigenvalue weighted by Gasteiger charge is -2.42. The molecule has 0 aliphatic carbocycles. The molecule has 3 aliphatic rings. The number of carbonyl (C=O) groups is 2. The number of anilines is 1. The minimum atomic E-state index is -3.46. The van der Waals surface area contributed by atoms with Crippen LogP contribution in [0.4, 0.5) is 5.69 Å². The Hall–Kier alpha value is -2.33. The zero-order valence-corrected chi connectivity index (χ0v) is 20.1. The number of rotatable bonds is 5. The van der Waals surface area contributed by atoms with E-state index in [2.05, 4.69) is 4.72 Å². The smallest absolute Gasteiger partial charge is 0.257 e. The van der Waals surface area contributed by atoms with Gasteiger partial charge in [0.05, 0.1) is 29.9 Å². The van der Waals surface area contributed by atoms with Crippen molar-refractivity contribution < 1.29 is 27.5 Å². The lowest BCUT2D eigenvalue weighted by atomic mass is 9.94. The molecule has 2 fully saturated rings. The van der Waals surface area contributed by atoms with E-state index in [0.29, 0.717) is 36.3 Å². The van der Waals surface area contributed by atoms with E-state index >= 15 is 0 Å². The van der Waals surface area contributed by atoms with Gasteiger partial charge in [0.25, 0.3) is 5.91 Å². The van der Waals surface area contributed by atoms with E-state index in [1.165, 1.54) is 12.5 Å². The van der Waals surface area contributed by atoms with Gasteiger partial charge in [0.2, 0.25) is 15.9 Å². The molecule has 2 saturated heterocycles. The van der Waals surface area contributed by atoms with Gasteiger partial charge in [-0.25, -0.2) is 8.42 Å². The van der Waals surface area contributed by atoms with E-state index in [-0.39, 0.29) is 42.4 Å². The minimum absolute atomic E-state index is 0.0586. The summed E-state index contributed by atoms with van der Waals surface area (Å²) >= 11 is 0. The van der Waals surface area contributed by atoms with Crippen molar-refractivity contribution in [2.75, 3.05) is 37.2 Å². The second-order valence-corrected chi connectivity index (χ2v) is 11.0. The Morgan fingerprint density at radius 3 is 2.67 bits per heavy atom. The van der Waals surface area contributed by atoms with Crippen molar-refractivity contribution in [1.82, 2.24) is 9.80 Å². The molecule has 0 unspecified atom stereocenters. The Labute approximate surface area is 195 Å². The molecule has 0 spiro atoms. The van der Waals surface area contributed by atoms with Crippen LogP contribution in [0.25, 0.3) is 0 Å². The van der Waals surface area contributed by atoms with Crippen LogP contribution in [0, 0.1) is 0 Å². The maximum atomic E-state index is 13.2. The van der Waals surface area contributed by atoms with E-state index in [1.807, 2.05) is 4.90 Å². The molecule has 9 nitrogen and oxygen atoms in total.